The smallest absolute Gasteiger partial charge is 0.246 e. The molecule has 1 heterocycles. The van der Waals surface area contributed by atoms with E-state index in [9.17, 15) is 9.59 Å². The third-order valence-electron chi connectivity index (χ3n) is 4.09. The number of carbonyl (C=O) groups is 2. The quantitative estimate of drug-likeness (QED) is 0.926. The van der Waals surface area contributed by atoms with Crippen LogP contribution >= 0.6 is 11.6 Å². The Bertz CT molecular complexity index is 557. The molecular formula is C15H17ClN2O2. The maximum Gasteiger partial charge on any atom is 0.246 e. The van der Waals surface area contributed by atoms with Crippen LogP contribution in [0.25, 0.3) is 0 Å². The summed E-state index contributed by atoms with van der Waals surface area (Å²) < 4.78 is 0. The second-order valence-electron chi connectivity index (χ2n) is 5.56. The van der Waals surface area contributed by atoms with Gasteiger partial charge in [0.15, 0.2) is 0 Å². The highest BCUT2D eigenvalue weighted by atomic mass is 35.5. The third kappa shape index (κ3) is 2.40. The largest absolute Gasteiger partial charge is 0.342 e. The summed E-state index contributed by atoms with van der Waals surface area (Å²) in [5, 5.41) is 3.47. The summed E-state index contributed by atoms with van der Waals surface area (Å²) in [6.07, 6.45) is 2.04. The zero-order valence-electron chi connectivity index (χ0n) is 11.3. The first kappa shape index (κ1) is 13.4. The van der Waals surface area contributed by atoms with Gasteiger partial charge in [-0.15, -0.1) is 0 Å². The lowest BCUT2D eigenvalue weighted by Gasteiger charge is -2.37. The first-order valence-corrected chi connectivity index (χ1v) is 7.30. The fourth-order valence-electron chi connectivity index (χ4n) is 2.62. The maximum atomic E-state index is 12.5. The minimum Gasteiger partial charge on any atom is -0.342 e. The van der Waals surface area contributed by atoms with E-state index in [2.05, 4.69) is 5.32 Å². The van der Waals surface area contributed by atoms with Crippen LogP contribution < -0.4 is 5.32 Å². The van der Waals surface area contributed by atoms with Gasteiger partial charge in [-0.2, -0.15) is 0 Å². The molecule has 0 spiro atoms. The van der Waals surface area contributed by atoms with Crippen LogP contribution in [0.15, 0.2) is 24.3 Å². The molecule has 2 fully saturated rings. The fraction of sp³-hybridized carbons (Fsp3) is 0.467. The molecule has 3 rings (SSSR count). The summed E-state index contributed by atoms with van der Waals surface area (Å²) in [7, 11) is 0. The lowest BCUT2D eigenvalue weighted by atomic mass is 10.0. The molecule has 5 heteroatoms. The van der Waals surface area contributed by atoms with Gasteiger partial charge in [-0.25, -0.2) is 0 Å². The second kappa shape index (κ2) is 5.09. The van der Waals surface area contributed by atoms with Crippen LogP contribution in [-0.4, -0.2) is 28.8 Å². The van der Waals surface area contributed by atoms with E-state index in [0.717, 1.165) is 18.4 Å². The van der Waals surface area contributed by atoms with Crippen molar-refractivity contribution in [1.29, 1.82) is 0 Å². The van der Waals surface area contributed by atoms with E-state index in [1.165, 1.54) is 0 Å². The number of halogens is 1. The molecule has 1 saturated heterocycles. The van der Waals surface area contributed by atoms with Gasteiger partial charge in [-0.3, -0.25) is 9.59 Å². The number of carbonyl (C=O) groups excluding carboxylic acids is 2. The van der Waals surface area contributed by atoms with Gasteiger partial charge in [0, 0.05) is 11.6 Å². The Morgan fingerprint density at radius 2 is 2.00 bits per heavy atom. The highest BCUT2D eigenvalue weighted by molar-refractivity contribution is 6.31. The number of benzene rings is 1. The summed E-state index contributed by atoms with van der Waals surface area (Å²) in [4.78, 5) is 26.2. The zero-order chi connectivity index (χ0) is 14.3. The summed E-state index contributed by atoms with van der Waals surface area (Å²) in [5.41, 5.74) is 0.874. The normalized spacial score (nSPS) is 26.6. The highest BCUT2D eigenvalue weighted by Crippen LogP contribution is 2.35. The van der Waals surface area contributed by atoms with Gasteiger partial charge in [0.25, 0.3) is 0 Å². The van der Waals surface area contributed by atoms with Crippen LogP contribution in [0.3, 0.4) is 0 Å². The molecule has 0 aromatic heterocycles. The third-order valence-corrected chi connectivity index (χ3v) is 4.45. The Morgan fingerprint density at radius 1 is 1.30 bits per heavy atom. The van der Waals surface area contributed by atoms with Crippen molar-refractivity contribution in [2.75, 3.05) is 0 Å². The van der Waals surface area contributed by atoms with Gasteiger partial charge in [0.2, 0.25) is 11.8 Å². The van der Waals surface area contributed by atoms with Crippen LogP contribution in [0.4, 0.5) is 0 Å². The van der Waals surface area contributed by atoms with Crippen molar-refractivity contribution in [3.63, 3.8) is 0 Å². The Balaban J connectivity index is 1.83. The predicted molar refractivity (Wildman–Crippen MR) is 76.1 cm³/mol. The average molecular weight is 293 g/mol. The number of rotatable bonds is 3. The van der Waals surface area contributed by atoms with E-state index in [1.807, 2.05) is 18.2 Å². The van der Waals surface area contributed by atoms with Crippen LogP contribution in [0, 0.1) is 5.92 Å². The lowest BCUT2D eigenvalue weighted by Crippen LogP contribution is -2.62. The van der Waals surface area contributed by atoms with Crippen molar-refractivity contribution in [1.82, 2.24) is 10.2 Å². The molecule has 2 atom stereocenters. The van der Waals surface area contributed by atoms with Gasteiger partial charge in [0.05, 0.1) is 0 Å². The zero-order valence-corrected chi connectivity index (χ0v) is 12.1. The van der Waals surface area contributed by atoms with Gasteiger partial charge >= 0.3 is 0 Å². The van der Waals surface area contributed by atoms with Crippen LogP contribution in [-0.2, 0) is 16.1 Å². The molecule has 106 valence electrons. The number of piperazine rings is 1. The van der Waals surface area contributed by atoms with Crippen LogP contribution in [0.2, 0.25) is 5.02 Å². The Hall–Kier alpha value is -1.55. The van der Waals surface area contributed by atoms with Gasteiger partial charge in [-0.1, -0.05) is 29.8 Å². The second-order valence-corrected chi connectivity index (χ2v) is 5.96. The van der Waals surface area contributed by atoms with E-state index in [0.29, 0.717) is 17.5 Å². The molecule has 1 aliphatic heterocycles. The fourth-order valence-corrected chi connectivity index (χ4v) is 2.82. The molecule has 1 aromatic carbocycles. The number of nitrogens with one attached hydrogen (secondary N) is 1. The molecule has 0 bridgehead atoms. The topological polar surface area (TPSA) is 49.4 Å². The number of hydrogen-bond acceptors (Lipinski definition) is 2. The van der Waals surface area contributed by atoms with Crippen molar-refractivity contribution in [3.8, 4) is 0 Å². The van der Waals surface area contributed by atoms with Gasteiger partial charge in [-0.05, 0) is 37.3 Å². The molecule has 4 nitrogen and oxygen atoms in total. The monoisotopic (exact) mass is 292 g/mol. The Morgan fingerprint density at radius 3 is 2.65 bits per heavy atom. The number of hydrogen-bond donors (Lipinski definition) is 1. The van der Waals surface area contributed by atoms with E-state index >= 15 is 0 Å². The molecule has 2 aliphatic rings. The SMILES string of the molecule is CC1C(=O)NC(C2CC2)C(=O)N1Cc1ccccc1Cl. The van der Waals surface area contributed by atoms with Crippen molar-refractivity contribution in [2.45, 2.75) is 38.4 Å². The summed E-state index contributed by atoms with van der Waals surface area (Å²) in [6, 6.07) is 6.64. The van der Waals surface area contributed by atoms with Gasteiger partial charge < -0.3 is 10.2 Å². The lowest BCUT2D eigenvalue weighted by molar-refractivity contribution is -0.149. The molecule has 20 heavy (non-hydrogen) atoms. The van der Waals surface area contributed by atoms with Crippen LogP contribution in [0.1, 0.15) is 25.3 Å². The molecule has 1 saturated carbocycles. The van der Waals surface area contributed by atoms with Crippen molar-refractivity contribution >= 4 is 23.4 Å². The predicted octanol–water partition coefficient (Wildman–Crippen LogP) is 1.97. The van der Waals surface area contributed by atoms with E-state index in [-0.39, 0.29) is 17.9 Å². The first-order chi connectivity index (χ1) is 9.58. The summed E-state index contributed by atoms with van der Waals surface area (Å²) in [5.74, 6) is 0.251. The van der Waals surface area contributed by atoms with E-state index in [1.54, 1.807) is 17.9 Å². The minimum atomic E-state index is -0.450. The Kier molecular flexibility index (Phi) is 3.42. The molecule has 1 aromatic rings. The van der Waals surface area contributed by atoms with Crippen molar-refractivity contribution in [3.05, 3.63) is 34.9 Å². The van der Waals surface area contributed by atoms with Crippen LogP contribution in [0.5, 0.6) is 0 Å². The maximum absolute atomic E-state index is 12.5. The number of amides is 2. The summed E-state index contributed by atoms with van der Waals surface area (Å²) >= 11 is 6.15. The minimum absolute atomic E-state index is 0.0134. The molecule has 1 N–H and O–H groups in total. The molecule has 1 aliphatic carbocycles. The standard InChI is InChI=1S/C15H17ClN2O2/c1-9-14(19)17-13(10-6-7-10)15(20)18(9)8-11-4-2-3-5-12(11)16/h2-5,9-10,13H,6-8H2,1H3,(H,17,19). The van der Waals surface area contributed by atoms with E-state index in [4.69, 9.17) is 11.6 Å². The average Bonchev–Trinajstić information content (AvgIpc) is 3.25. The first-order valence-electron chi connectivity index (χ1n) is 6.92. The summed E-state index contributed by atoms with van der Waals surface area (Å²) in [6.45, 7) is 2.14. The van der Waals surface area contributed by atoms with Crippen molar-refractivity contribution in [2.24, 2.45) is 5.92 Å². The molecule has 2 unspecified atom stereocenters. The Labute approximate surface area is 123 Å². The molecular weight excluding hydrogens is 276 g/mol. The molecule has 0 radical (unpaired) electrons. The molecule has 2 amide bonds. The number of nitrogens with zero attached hydrogens (tertiary/aromatic N) is 1. The van der Waals surface area contributed by atoms with E-state index < -0.39 is 6.04 Å². The van der Waals surface area contributed by atoms with Crippen molar-refractivity contribution < 1.29 is 9.59 Å². The highest BCUT2D eigenvalue weighted by Gasteiger charge is 2.45. The van der Waals surface area contributed by atoms with Gasteiger partial charge in [0.1, 0.15) is 12.1 Å².